The summed E-state index contributed by atoms with van der Waals surface area (Å²) < 4.78 is 13.1. The molecule has 180 valence electrons. The van der Waals surface area contributed by atoms with Crippen molar-refractivity contribution in [1.29, 1.82) is 0 Å². The molecule has 3 aromatic rings. The number of carbonyl (C=O) groups excluding carboxylic acids is 3. The Bertz CT molecular complexity index is 1380. The highest BCUT2D eigenvalue weighted by molar-refractivity contribution is 6.29. The van der Waals surface area contributed by atoms with Crippen molar-refractivity contribution in [1.82, 2.24) is 18.7 Å². The van der Waals surface area contributed by atoms with Crippen molar-refractivity contribution in [2.45, 2.75) is 20.4 Å². The molecule has 0 radical (unpaired) electrons. The van der Waals surface area contributed by atoms with E-state index in [1.807, 2.05) is 0 Å². The van der Waals surface area contributed by atoms with Crippen LogP contribution in [0.4, 0.5) is 5.69 Å². The van der Waals surface area contributed by atoms with Gasteiger partial charge in [-0.25, -0.2) is 14.4 Å². The molecule has 0 saturated carbocycles. The Kier molecular flexibility index (Phi) is 7.20. The molecule has 0 aliphatic rings. The van der Waals surface area contributed by atoms with E-state index in [-0.39, 0.29) is 46.5 Å². The maximum Gasteiger partial charge on any atom is 0.338 e. The van der Waals surface area contributed by atoms with Gasteiger partial charge in [0, 0.05) is 19.8 Å². The van der Waals surface area contributed by atoms with Crippen molar-refractivity contribution in [3.8, 4) is 0 Å². The fourth-order valence-corrected chi connectivity index (χ4v) is 3.50. The molecule has 0 unspecified atom stereocenters. The van der Waals surface area contributed by atoms with E-state index in [1.165, 1.54) is 32.3 Å². The topological polar surface area (TPSA) is 144 Å². The van der Waals surface area contributed by atoms with E-state index in [9.17, 15) is 24.0 Å². The van der Waals surface area contributed by atoms with Gasteiger partial charge in [0.2, 0.25) is 11.2 Å². The normalized spacial score (nSPS) is 10.9. The number of carbonyl (C=O) groups is 3. The molecule has 0 spiro atoms. The van der Waals surface area contributed by atoms with Crippen LogP contribution in [0.2, 0.25) is 5.28 Å². The number of anilines is 1. The number of aromatic nitrogens is 4. The van der Waals surface area contributed by atoms with Crippen molar-refractivity contribution in [3.05, 3.63) is 55.4 Å². The van der Waals surface area contributed by atoms with Crippen LogP contribution in [0.5, 0.6) is 0 Å². The Morgan fingerprint density at radius 1 is 0.971 bits per heavy atom. The highest BCUT2D eigenvalue weighted by atomic mass is 35.5. The van der Waals surface area contributed by atoms with Gasteiger partial charge in [-0.05, 0) is 43.6 Å². The number of ether oxygens (including phenoxy) is 2. The van der Waals surface area contributed by atoms with Crippen LogP contribution in [-0.4, -0.2) is 49.7 Å². The summed E-state index contributed by atoms with van der Waals surface area (Å²) in [5, 5.41) is 2.40. The summed E-state index contributed by atoms with van der Waals surface area (Å²) in [7, 11) is 2.73. The van der Waals surface area contributed by atoms with E-state index in [4.69, 9.17) is 21.1 Å². The molecule has 1 aromatic carbocycles. The predicted molar refractivity (Wildman–Crippen MR) is 122 cm³/mol. The summed E-state index contributed by atoms with van der Waals surface area (Å²) in [5.41, 5.74) is -1.06. The number of esters is 2. The largest absolute Gasteiger partial charge is 0.462 e. The van der Waals surface area contributed by atoms with Gasteiger partial charge >= 0.3 is 17.6 Å². The van der Waals surface area contributed by atoms with Gasteiger partial charge in [-0.2, -0.15) is 4.98 Å². The molecule has 0 aliphatic carbocycles. The summed E-state index contributed by atoms with van der Waals surface area (Å²) in [6.45, 7) is 3.08. The van der Waals surface area contributed by atoms with Gasteiger partial charge < -0.3 is 14.8 Å². The molecule has 2 aromatic heterocycles. The molecule has 0 fully saturated rings. The third-order valence-electron chi connectivity index (χ3n) is 4.84. The van der Waals surface area contributed by atoms with Crippen LogP contribution in [0.1, 0.15) is 34.6 Å². The SMILES string of the molecule is CCOC(=O)c1cc(NC(=O)Cn2c(Cl)nc3c2c(=O)n(C)c(=O)n3C)cc(C(=O)OCC)c1. The average molecular weight is 492 g/mol. The number of rotatable bonds is 7. The van der Waals surface area contributed by atoms with Gasteiger partial charge in [0.1, 0.15) is 6.54 Å². The number of hydrogen-bond acceptors (Lipinski definition) is 8. The van der Waals surface area contributed by atoms with E-state index in [0.29, 0.717) is 0 Å². The number of hydrogen-bond donors (Lipinski definition) is 1. The van der Waals surface area contributed by atoms with Gasteiger partial charge in [0.05, 0.1) is 24.3 Å². The number of nitrogens with one attached hydrogen (secondary N) is 1. The van der Waals surface area contributed by atoms with Crippen LogP contribution in [-0.2, 0) is 34.9 Å². The maximum atomic E-state index is 12.8. The quantitative estimate of drug-likeness (QED) is 0.382. The molecule has 2 heterocycles. The first-order valence-corrected chi connectivity index (χ1v) is 10.6. The number of nitrogens with zero attached hydrogens (tertiary/aromatic N) is 4. The van der Waals surface area contributed by atoms with Crippen molar-refractivity contribution in [3.63, 3.8) is 0 Å². The number of imidazole rings is 1. The van der Waals surface area contributed by atoms with Gasteiger partial charge in [0.25, 0.3) is 5.56 Å². The second-order valence-corrected chi connectivity index (χ2v) is 7.47. The first-order valence-electron chi connectivity index (χ1n) is 10.2. The molecular weight excluding hydrogens is 470 g/mol. The Morgan fingerprint density at radius 2 is 1.53 bits per heavy atom. The van der Waals surface area contributed by atoms with E-state index in [0.717, 1.165) is 13.7 Å². The number of amides is 1. The van der Waals surface area contributed by atoms with E-state index < -0.39 is 35.6 Å². The van der Waals surface area contributed by atoms with Crippen LogP contribution in [0.15, 0.2) is 27.8 Å². The zero-order valence-electron chi connectivity index (χ0n) is 18.9. The van der Waals surface area contributed by atoms with Gasteiger partial charge in [-0.1, -0.05) is 0 Å². The lowest BCUT2D eigenvalue weighted by molar-refractivity contribution is -0.116. The van der Waals surface area contributed by atoms with E-state index in [2.05, 4.69) is 10.3 Å². The third-order valence-corrected chi connectivity index (χ3v) is 5.13. The van der Waals surface area contributed by atoms with Crippen LogP contribution in [0.3, 0.4) is 0 Å². The number of benzene rings is 1. The zero-order valence-corrected chi connectivity index (χ0v) is 19.6. The molecule has 3 rings (SSSR count). The first-order chi connectivity index (χ1) is 16.1. The van der Waals surface area contributed by atoms with Crippen molar-refractivity contribution in [2.75, 3.05) is 18.5 Å². The van der Waals surface area contributed by atoms with Crippen LogP contribution >= 0.6 is 11.6 Å². The van der Waals surface area contributed by atoms with Crippen LogP contribution in [0.25, 0.3) is 11.2 Å². The van der Waals surface area contributed by atoms with Crippen molar-refractivity contribution < 1.29 is 23.9 Å². The Balaban J connectivity index is 1.97. The second kappa shape index (κ2) is 9.91. The summed E-state index contributed by atoms with van der Waals surface area (Å²) in [6, 6.07) is 3.99. The molecule has 1 amide bonds. The van der Waals surface area contributed by atoms with Crippen molar-refractivity contribution >= 4 is 46.3 Å². The van der Waals surface area contributed by atoms with Gasteiger partial charge in [-0.15, -0.1) is 0 Å². The monoisotopic (exact) mass is 491 g/mol. The first kappa shape index (κ1) is 24.7. The summed E-state index contributed by atoms with van der Waals surface area (Å²) in [5.74, 6) is -2.00. The lowest BCUT2D eigenvalue weighted by atomic mass is 10.1. The van der Waals surface area contributed by atoms with Crippen molar-refractivity contribution in [2.24, 2.45) is 14.1 Å². The fourth-order valence-electron chi connectivity index (χ4n) is 3.27. The number of halogens is 1. The molecule has 0 saturated heterocycles. The van der Waals surface area contributed by atoms with Crippen LogP contribution < -0.4 is 16.6 Å². The molecular formula is C21H22ClN5O7. The zero-order chi connectivity index (χ0) is 25.2. The third kappa shape index (κ3) is 4.71. The summed E-state index contributed by atoms with van der Waals surface area (Å²) in [4.78, 5) is 66.0. The Morgan fingerprint density at radius 3 is 2.06 bits per heavy atom. The van der Waals surface area contributed by atoms with Gasteiger partial charge in [0.15, 0.2) is 11.2 Å². The minimum atomic E-state index is -0.683. The molecule has 0 atom stereocenters. The molecule has 1 N–H and O–H groups in total. The molecule has 13 heteroatoms. The highest BCUT2D eigenvalue weighted by Crippen LogP contribution is 2.19. The highest BCUT2D eigenvalue weighted by Gasteiger charge is 2.21. The van der Waals surface area contributed by atoms with Gasteiger partial charge in [-0.3, -0.25) is 23.3 Å². The Labute approximate surface area is 197 Å². The minimum Gasteiger partial charge on any atom is -0.462 e. The molecule has 12 nitrogen and oxygen atoms in total. The number of aryl methyl sites for hydroxylation is 1. The molecule has 34 heavy (non-hydrogen) atoms. The standard InChI is InChI=1S/C21H22ClN5O7/c1-5-33-18(30)11-7-12(19(31)34-6-2)9-13(8-11)23-14(28)10-27-15-16(24-20(27)22)25(3)21(32)26(4)17(15)29/h7-9H,5-6,10H2,1-4H3,(H,23,28). The lowest BCUT2D eigenvalue weighted by Crippen LogP contribution is -2.37. The fraction of sp³-hybridized carbons (Fsp3) is 0.333. The Hall–Kier alpha value is -3.93. The lowest BCUT2D eigenvalue weighted by Gasteiger charge is -2.11. The summed E-state index contributed by atoms with van der Waals surface area (Å²) in [6.07, 6.45) is 0. The van der Waals surface area contributed by atoms with Crippen LogP contribution in [0, 0.1) is 0 Å². The summed E-state index contributed by atoms with van der Waals surface area (Å²) >= 11 is 6.15. The number of fused-ring (bicyclic) bond motifs is 1. The predicted octanol–water partition coefficient (Wildman–Crippen LogP) is 1.08. The molecule has 0 bridgehead atoms. The average Bonchev–Trinajstić information content (AvgIpc) is 3.12. The minimum absolute atomic E-state index is 0.0276. The van der Waals surface area contributed by atoms with E-state index in [1.54, 1.807) is 13.8 Å². The molecule has 0 aliphatic heterocycles. The maximum absolute atomic E-state index is 12.8. The smallest absolute Gasteiger partial charge is 0.338 e. The van der Waals surface area contributed by atoms with E-state index >= 15 is 0 Å². The second-order valence-electron chi connectivity index (χ2n) is 7.13.